The fraction of sp³-hybridized carbons (Fsp3) is 1.00. The molecule has 0 saturated carbocycles. The molecule has 0 heterocycles. The van der Waals surface area contributed by atoms with Crippen LogP contribution in [0.2, 0.25) is 0 Å². The first-order valence-corrected chi connectivity index (χ1v) is 8.18. The Morgan fingerprint density at radius 3 is 2.64 bits per heavy atom. The summed E-state index contributed by atoms with van der Waals surface area (Å²) in [5.74, 6) is 1.03. The molecule has 1 atom stereocenters. The maximum Gasteiger partial charge on any atom is 0.183 e. The van der Waals surface area contributed by atoms with Crippen LogP contribution in [0.4, 0.5) is 0 Å². The molecule has 0 amide bonds. The van der Waals surface area contributed by atoms with Gasteiger partial charge in [-0.25, -0.2) is 0 Å². The van der Waals surface area contributed by atoms with Gasteiger partial charge in [-0.3, -0.25) is 5.50 Å². The molecule has 2 nitrogen and oxygen atoms in total. The normalized spacial score (nSPS) is 16.3. The number of hydrogen-bond acceptors (Lipinski definition) is 3. The van der Waals surface area contributed by atoms with E-state index in [0.29, 0.717) is 6.61 Å². The molecule has 0 bridgehead atoms. The molecule has 0 rings (SSSR count). The van der Waals surface area contributed by atoms with Crippen molar-refractivity contribution in [1.82, 2.24) is 0 Å². The third-order valence-electron chi connectivity index (χ3n) is 1.08. The summed E-state index contributed by atoms with van der Waals surface area (Å²) in [6, 6.07) is 0. The van der Waals surface area contributed by atoms with Gasteiger partial charge in [-0.1, -0.05) is 24.7 Å². The smallest absolute Gasteiger partial charge is 0.183 e. The van der Waals surface area contributed by atoms with E-state index in [9.17, 15) is 0 Å². The van der Waals surface area contributed by atoms with Crippen LogP contribution in [0.15, 0.2) is 0 Å². The second kappa shape index (κ2) is 6.44. The summed E-state index contributed by atoms with van der Waals surface area (Å²) < 4.78 is 5.24. The van der Waals surface area contributed by atoms with Gasteiger partial charge in [0, 0.05) is 5.75 Å². The molecule has 0 spiro atoms. The van der Waals surface area contributed by atoms with Gasteiger partial charge in [-0.2, -0.15) is 0 Å². The quantitative estimate of drug-likeness (QED) is 0.543. The fourth-order valence-corrected chi connectivity index (χ4v) is 4.34. The number of hydrogen-bond donors (Lipinski definition) is 1. The van der Waals surface area contributed by atoms with E-state index in [1.54, 1.807) is 11.4 Å². The monoisotopic (exact) mass is 213 g/mol. The van der Waals surface area contributed by atoms with Crippen molar-refractivity contribution in [2.24, 2.45) is 5.50 Å². The Labute approximate surface area is 78.2 Å². The van der Waals surface area contributed by atoms with Crippen molar-refractivity contribution in [1.29, 1.82) is 0 Å². The first-order valence-electron chi connectivity index (χ1n) is 3.80. The van der Waals surface area contributed by atoms with E-state index in [1.165, 1.54) is 12.8 Å². The largest absolute Gasteiger partial charge is 0.331 e. The molecule has 2 N–H and O–H groups in total. The van der Waals surface area contributed by atoms with Gasteiger partial charge in [0.2, 0.25) is 0 Å². The lowest BCUT2D eigenvalue weighted by Gasteiger charge is -2.14. The van der Waals surface area contributed by atoms with Gasteiger partial charge in [0.15, 0.2) is 5.62 Å². The van der Waals surface area contributed by atoms with Gasteiger partial charge in [0.05, 0.1) is 6.61 Å². The Bertz CT molecular complexity index is 143. The molecule has 0 aliphatic carbocycles. The van der Waals surface area contributed by atoms with E-state index in [2.05, 4.69) is 6.92 Å². The van der Waals surface area contributed by atoms with Crippen molar-refractivity contribution in [3.63, 3.8) is 0 Å². The molecule has 0 aromatic heterocycles. The summed E-state index contributed by atoms with van der Waals surface area (Å²) in [6.45, 7) is 4.71. The summed E-state index contributed by atoms with van der Waals surface area (Å²) in [5, 5.41) is 0. The Morgan fingerprint density at radius 2 is 2.18 bits per heavy atom. The molecule has 68 valence electrons. The highest BCUT2D eigenvalue weighted by Gasteiger charge is 2.09. The minimum absolute atomic E-state index is 0.632. The molecule has 0 radical (unpaired) electrons. The highest BCUT2D eigenvalue weighted by molar-refractivity contribution is 8.68. The Hall–Kier alpha value is 0.920. The lowest BCUT2D eigenvalue weighted by Crippen LogP contribution is -1.96. The molecule has 11 heavy (non-hydrogen) atoms. The fourth-order valence-electron chi connectivity index (χ4n) is 0.553. The average molecular weight is 213 g/mol. The second-order valence-corrected chi connectivity index (χ2v) is 8.87. The highest BCUT2D eigenvalue weighted by Crippen LogP contribution is 2.52. The van der Waals surface area contributed by atoms with Crippen molar-refractivity contribution < 1.29 is 4.52 Å². The molecule has 5 heteroatoms. The number of rotatable bonds is 6. The predicted octanol–water partition coefficient (Wildman–Crippen LogP) is 2.74. The van der Waals surface area contributed by atoms with E-state index >= 15 is 0 Å². The van der Waals surface area contributed by atoms with Gasteiger partial charge in [0.1, 0.15) is 0 Å². The van der Waals surface area contributed by atoms with Crippen LogP contribution in [-0.2, 0) is 16.3 Å². The number of nitrogens with two attached hydrogens (primary N) is 1. The standard InChI is InChI=1S/C6H16NOPS2/c1-3-5-6-11-9(7,10)8-4-2/h3-6H2,1-2H3,(H2,7,10). The third-order valence-corrected chi connectivity index (χ3v) is 5.74. The summed E-state index contributed by atoms with van der Waals surface area (Å²) in [7, 11) is 0. The summed E-state index contributed by atoms with van der Waals surface area (Å²) in [4.78, 5) is 0. The van der Waals surface area contributed by atoms with Gasteiger partial charge >= 0.3 is 0 Å². The van der Waals surface area contributed by atoms with Crippen LogP contribution in [0.25, 0.3) is 0 Å². The summed E-state index contributed by atoms with van der Waals surface area (Å²) in [6.07, 6.45) is 2.36. The van der Waals surface area contributed by atoms with E-state index in [4.69, 9.17) is 21.8 Å². The molecule has 0 aliphatic rings. The molecule has 0 aliphatic heterocycles. The lowest BCUT2D eigenvalue weighted by atomic mass is 10.4. The highest BCUT2D eigenvalue weighted by atomic mass is 32.9. The minimum atomic E-state index is -1.97. The van der Waals surface area contributed by atoms with Crippen molar-refractivity contribution in [2.45, 2.75) is 26.7 Å². The molecule has 0 aromatic carbocycles. The van der Waals surface area contributed by atoms with Crippen molar-refractivity contribution in [3.8, 4) is 0 Å². The van der Waals surface area contributed by atoms with Gasteiger partial charge in [-0.15, -0.1) is 0 Å². The Balaban J connectivity index is 3.47. The minimum Gasteiger partial charge on any atom is -0.331 e. The maximum absolute atomic E-state index is 5.73. The first kappa shape index (κ1) is 11.9. The van der Waals surface area contributed by atoms with Gasteiger partial charge < -0.3 is 4.52 Å². The van der Waals surface area contributed by atoms with Crippen LogP contribution in [-0.4, -0.2) is 12.4 Å². The number of unbranched alkanes of at least 4 members (excludes halogenated alkanes) is 1. The van der Waals surface area contributed by atoms with E-state index < -0.39 is 5.62 Å². The van der Waals surface area contributed by atoms with Crippen LogP contribution in [0.1, 0.15) is 26.7 Å². The summed E-state index contributed by atoms with van der Waals surface area (Å²) >= 11 is 6.69. The van der Waals surface area contributed by atoms with E-state index in [1.807, 2.05) is 6.92 Å². The lowest BCUT2D eigenvalue weighted by molar-refractivity contribution is 0.385. The SMILES string of the molecule is CCCCSP(N)(=S)OCC. The zero-order chi connectivity index (χ0) is 8.74. The first-order chi connectivity index (χ1) is 5.12. The van der Waals surface area contributed by atoms with Gasteiger partial charge in [0.25, 0.3) is 0 Å². The van der Waals surface area contributed by atoms with Crippen molar-refractivity contribution >= 4 is 28.8 Å². The molecule has 0 fully saturated rings. The molecule has 0 aromatic rings. The average Bonchev–Trinajstić information content (AvgIpc) is 1.87. The van der Waals surface area contributed by atoms with Crippen LogP contribution >= 0.6 is 17.0 Å². The molecule has 0 saturated heterocycles. The Morgan fingerprint density at radius 1 is 1.55 bits per heavy atom. The Kier molecular flexibility index (Phi) is 6.98. The van der Waals surface area contributed by atoms with Gasteiger partial charge in [-0.05, 0) is 25.2 Å². The van der Waals surface area contributed by atoms with Crippen LogP contribution in [0.5, 0.6) is 0 Å². The zero-order valence-corrected chi connectivity index (χ0v) is 9.61. The zero-order valence-electron chi connectivity index (χ0n) is 7.08. The maximum atomic E-state index is 5.73. The van der Waals surface area contributed by atoms with Crippen LogP contribution in [0.3, 0.4) is 0 Å². The topological polar surface area (TPSA) is 35.2 Å². The molecule has 1 unspecified atom stereocenters. The van der Waals surface area contributed by atoms with E-state index in [-0.39, 0.29) is 0 Å². The van der Waals surface area contributed by atoms with E-state index in [0.717, 1.165) is 5.75 Å². The van der Waals surface area contributed by atoms with Crippen LogP contribution < -0.4 is 5.50 Å². The molecular formula is C6H16NOPS2. The van der Waals surface area contributed by atoms with Crippen molar-refractivity contribution in [3.05, 3.63) is 0 Å². The molecular weight excluding hydrogens is 197 g/mol. The summed E-state index contributed by atoms with van der Waals surface area (Å²) in [5.41, 5.74) is 3.76. The van der Waals surface area contributed by atoms with Crippen molar-refractivity contribution in [2.75, 3.05) is 12.4 Å². The predicted molar refractivity (Wildman–Crippen MR) is 57.5 cm³/mol. The third kappa shape index (κ3) is 7.29. The van der Waals surface area contributed by atoms with Crippen LogP contribution in [0, 0.1) is 0 Å². The second-order valence-electron chi connectivity index (χ2n) is 2.14.